The summed E-state index contributed by atoms with van der Waals surface area (Å²) in [7, 11) is 0. The van der Waals surface area contributed by atoms with E-state index in [0.29, 0.717) is 16.3 Å². The van der Waals surface area contributed by atoms with Gasteiger partial charge in [0.25, 0.3) is 0 Å². The zero-order valence-electron chi connectivity index (χ0n) is 15.6. The number of amides is 1. The molecular weight excluding hydrogens is 385 g/mol. The fourth-order valence-corrected chi connectivity index (χ4v) is 3.15. The van der Waals surface area contributed by atoms with E-state index >= 15 is 0 Å². The lowest BCUT2D eigenvalue weighted by Crippen LogP contribution is -2.17. The number of aryl methyl sites for hydroxylation is 1. The van der Waals surface area contributed by atoms with Gasteiger partial charge in [0, 0.05) is 5.02 Å². The molecule has 0 saturated heterocycles. The first-order valence-electron chi connectivity index (χ1n) is 9.17. The first kappa shape index (κ1) is 21.4. The number of benzene rings is 2. The largest absolute Gasteiger partial charge is 0.504 e. The molecule has 0 saturated carbocycles. The van der Waals surface area contributed by atoms with Crippen molar-refractivity contribution in [3.63, 3.8) is 0 Å². The van der Waals surface area contributed by atoms with E-state index in [1.165, 1.54) is 37.3 Å². The Hall–Kier alpha value is -1.91. The van der Waals surface area contributed by atoms with Crippen molar-refractivity contribution in [2.45, 2.75) is 52.4 Å². The first-order chi connectivity index (χ1) is 12.9. The summed E-state index contributed by atoms with van der Waals surface area (Å²) in [5, 5.41) is 12.9. The van der Waals surface area contributed by atoms with E-state index in [9.17, 15) is 9.90 Å². The van der Waals surface area contributed by atoms with Crippen LogP contribution in [0.3, 0.4) is 0 Å². The van der Waals surface area contributed by atoms with Gasteiger partial charge >= 0.3 is 6.09 Å². The van der Waals surface area contributed by atoms with Crippen LogP contribution in [0.1, 0.15) is 50.2 Å². The summed E-state index contributed by atoms with van der Waals surface area (Å²) < 4.78 is 5.25. The normalized spacial score (nSPS) is 10.7. The van der Waals surface area contributed by atoms with Gasteiger partial charge in [0.2, 0.25) is 0 Å². The molecule has 0 spiro atoms. The molecule has 1 amide bonds. The second kappa shape index (κ2) is 10.4. The summed E-state index contributed by atoms with van der Waals surface area (Å²) in [4.78, 5) is 12.1. The minimum absolute atomic E-state index is 0.0982. The Balaban J connectivity index is 1.89. The summed E-state index contributed by atoms with van der Waals surface area (Å²) in [6, 6.07) is 8.87. The lowest BCUT2D eigenvalue weighted by Gasteiger charge is -2.12. The molecule has 0 aliphatic rings. The van der Waals surface area contributed by atoms with Gasteiger partial charge in [0.1, 0.15) is 5.75 Å². The first-order valence-corrected chi connectivity index (χ1v) is 9.93. The fraction of sp³-hybridized carbons (Fsp3) is 0.381. The maximum absolute atomic E-state index is 12.1. The van der Waals surface area contributed by atoms with Crippen LogP contribution in [0.15, 0.2) is 30.3 Å². The van der Waals surface area contributed by atoms with Crippen molar-refractivity contribution in [1.29, 1.82) is 0 Å². The predicted octanol–water partition coefficient (Wildman–Crippen LogP) is 7.13. The number of aromatic hydroxyl groups is 1. The third kappa shape index (κ3) is 6.33. The molecule has 146 valence electrons. The van der Waals surface area contributed by atoms with Gasteiger partial charge in [-0.1, -0.05) is 67.9 Å². The Labute approximate surface area is 170 Å². The molecular formula is C21H25Cl2NO3. The molecule has 6 heteroatoms. The lowest BCUT2D eigenvalue weighted by atomic mass is 10.1. The van der Waals surface area contributed by atoms with Gasteiger partial charge in [-0.25, -0.2) is 4.79 Å². The minimum atomic E-state index is -0.728. The maximum atomic E-state index is 12.1. The lowest BCUT2D eigenvalue weighted by molar-refractivity contribution is 0.215. The summed E-state index contributed by atoms with van der Waals surface area (Å²) in [6.45, 7) is 3.89. The number of phenols is 1. The topological polar surface area (TPSA) is 58.6 Å². The van der Waals surface area contributed by atoms with Crippen LogP contribution < -0.4 is 10.1 Å². The number of hydrogen-bond acceptors (Lipinski definition) is 3. The molecule has 0 heterocycles. The molecule has 0 atom stereocenters. The van der Waals surface area contributed by atoms with Gasteiger partial charge in [0.15, 0.2) is 5.75 Å². The molecule has 0 aliphatic heterocycles. The van der Waals surface area contributed by atoms with Gasteiger partial charge in [0.05, 0.1) is 10.7 Å². The van der Waals surface area contributed by atoms with Gasteiger partial charge in [-0.2, -0.15) is 0 Å². The van der Waals surface area contributed by atoms with E-state index in [2.05, 4.69) is 12.2 Å². The number of phenolic OH excluding ortho intramolecular Hbond substituents is 1. The molecule has 0 unspecified atom stereocenters. The zero-order valence-corrected chi connectivity index (χ0v) is 17.2. The number of carbonyl (C=O) groups is 1. The van der Waals surface area contributed by atoms with E-state index < -0.39 is 6.09 Å². The molecule has 0 bridgehead atoms. The molecule has 0 aromatic heterocycles. The van der Waals surface area contributed by atoms with E-state index in [4.69, 9.17) is 27.9 Å². The van der Waals surface area contributed by atoms with Crippen molar-refractivity contribution in [1.82, 2.24) is 0 Å². The molecule has 2 aromatic rings. The number of hydrogen-bond donors (Lipinski definition) is 2. The molecule has 2 rings (SSSR count). The monoisotopic (exact) mass is 409 g/mol. The van der Waals surface area contributed by atoms with Crippen LogP contribution in [0.25, 0.3) is 0 Å². The Morgan fingerprint density at radius 1 is 1.11 bits per heavy atom. The smallest absolute Gasteiger partial charge is 0.417 e. The maximum Gasteiger partial charge on any atom is 0.417 e. The Morgan fingerprint density at radius 2 is 1.78 bits per heavy atom. The predicted molar refractivity (Wildman–Crippen MR) is 111 cm³/mol. The van der Waals surface area contributed by atoms with Crippen LogP contribution in [0, 0.1) is 6.92 Å². The summed E-state index contributed by atoms with van der Waals surface area (Å²) >= 11 is 12.0. The Kier molecular flexibility index (Phi) is 8.26. The van der Waals surface area contributed by atoms with Crippen molar-refractivity contribution in [2.24, 2.45) is 0 Å². The van der Waals surface area contributed by atoms with Crippen LogP contribution in [0.5, 0.6) is 11.5 Å². The number of rotatable bonds is 8. The molecule has 4 nitrogen and oxygen atoms in total. The van der Waals surface area contributed by atoms with Gasteiger partial charge in [-0.3, -0.25) is 5.32 Å². The fourth-order valence-electron chi connectivity index (χ4n) is 2.70. The Bertz CT molecular complexity index is 776. The van der Waals surface area contributed by atoms with Crippen LogP contribution >= 0.6 is 23.2 Å². The molecule has 2 aromatic carbocycles. The average molecular weight is 410 g/mol. The summed E-state index contributed by atoms with van der Waals surface area (Å²) in [5.41, 5.74) is 1.86. The van der Waals surface area contributed by atoms with Crippen molar-refractivity contribution in [2.75, 3.05) is 5.32 Å². The van der Waals surface area contributed by atoms with Crippen molar-refractivity contribution in [3.05, 3.63) is 51.5 Å². The van der Waals surface area contributed by atoms with E-state index in [1.807, 2.05) is 12.1 Å². The SMILES string of the molecule is CCCCCCCc1ccc(OC(=O)Nc2cc(Cl)c(C)c(Cl)c2O)cc1. The number of halogens is 2. The molecule has 0 fully saturated rings. The minimum Gasteiger partial charge on any atom is -0.504 e. The van der Waals surface area contributed by atoms with E-state index in [0.717, 1.165) is 12.8 Å². The average Bonchev–Trinajstić information content (AvgIpc) is 2.65. The molecule has 27 heavy (non-hydrogen) atoms. The van der Waals surface area contributed by atoms with Crippen LogP contribution in [-0.4, -0.2) is 11.2 Å². The van der Waals surface area contributed by atoms with E-state index in [1.54, 1.807) is 19.1 Å². The Morgan fingerprint density at radius 3 is 2.44 bits per heavy atom. The molecule has 2 N–H and O–H groups in total. The number of carbonyl (C=O) groups excluding carboxylic acids is 1. The van der Waals surface area contributed by atoms with Crippen LogP contribution in [0.2, 0.25) is 10.0 Å². The summed E-state index contributed by atoms with van der Waals surface area (Å²) in [5.74, 6) is 0.181. The third-order valence-corrected chi connectivity index (χ3v) is 5.22. The second-order valence-electron chi connectivity index (χ2n) is 6.52. The quantitative estimate of drug-likeness (QED) is 0.359. The van der Waals surface area contributed by atoms with Crippen LogP contribution in [-0.2, 0) is 6.42 Å². The second-order valence-corrected chi connectivity index (χ2v) is 7.30. The van der Waals surface area contributed by atoms with E-state index in [-0.39, 0.29) is 16.5 Å². The third-order valence-electron chi connectivity index (χ3n) is 4.36. The number of unbranched alkanes of at least 4 members (excludes halogenated alkanes) is 4. The standard InChI is InChI=1S/C21H25Cl2NO3/c1-3-4-5-6-7-8-15-9-11-16(12-10-15)27-21(26)24-18-13-17(22)14(2)19(23)20(18)25/h9-13,25H,3-8H2,1-2H3,(H,24,26). The van der Waals surface area contributed by atoms with Crippen molar-refractivity contribution >= 4 is 35.0 Å². The van der Waals surface area contributed by atoms with Crippen molar-refractivity contribution < 1.29 is 14.6 Å². The highest BCUT2D eigenvalue weighted by Gasteiger charge is 2.15. The molecule has 0 aliphatic carbocycles. The highest BCUT2D eigenvalue weighted by molar-refractivity contribution is 6.37. The van der Waals surface area contributed by atoms with Gasteiger partial charge in [-0.15, -0.1) is 0 Å². The molecule has 0 radical (unpaired) electrons. The van der Waals surface area contributed by atoms with Gasteiger partial charge < -0.3 is 9.84 Å². The summed E-state index contributed by atoms with van der Waals surface area (Å²) in [6.07, 6.45) is 6.49. The van der Waals surface area contributed by atoms with Gasteiger partial charge in [-0.05, 0) is 49.1 Å². The number of ether oxygens (including phenoxy) is 1. The highest BCUT2D eigenvalue weighted by atomic mass is 35.5. The van der Waals surface area contributed by atoms with Crippen molar-refractivity contribution in [3.8, 4) is 11.5 Å². The number of nitrogens with one attached hydrogen (secondary N) is 1. The number of anilines is 1. The van der Waals surface area contributed by atoms with Crippen LogP contribution in [0.4, 0.5) is 10.5 Å². The highest BCUT2D eigenvalue weighted by Crippen LogP contribution is 2.38. The zero-order chi connectivity index (χ0) is 19.8.